The topological polar surface area (TPSA) is 72.2 Å². The van der Waals surface area contributed by atoms with Gasteiger partial charge >= 0.3 is 0 Å². The van der Waals surface area contributed by atoms with E-state index >= 15 is 0 Å². The quantitative estimate of drug-likeness (QED) is 0.910. The Hall–Kier alpha value is -1.34. The van der Waals surface area contributed by atoms with E-state index in [1.807, 2.05) is 20.8 Å². The second kappa shape index (κ2) is 5.21. The number of nitrogens with zero attached hydrogens (tertiary/aromatic N) is 1. The van der Waals surface area contributed by atoms with Crippen molar-refractivity contribution in [2.24, 2.45) is 0 Å². The van der Waals surface area contributed by atoms with Gasteiger partial charge in [0.1, 0.15) is 4.90 Å². The number of anilines is 1. The summed E-state index contributed by atoms with van der Waals surface area (Å²) in [5.41, 5.74) is 0.475. The molecule has 0 fully saturated rings. The van der Waals surface area contributed by atoms with Crippen molar-refractivity contribution in [1.29, 1.82) is 0 Å². The number of sulfonamides is 1. The Bertz CT molecular complexity index is 717. The highest BCUT2D eigenvalue weighted by atomic mass is 79.9. The molecule has 0 aliphatic heterocycles. The molecule has 1 aromatic heterocycles. The van der Waals surface area contributed by atoms with E-state index in [1.54, 1.807) is 24.3 Å². The highest BCUT2D eigenvalue weighted by Crippen LogP contribution is 2.27. The third-order valence-electron chi connectivity index (χ3n) is 2.64. The molecule has 5 nitrogen and oxygen atoms in total. The maximum atomic E-state index is 12.3. The minimum Gasteiger partial charge on any atom is -0.338 e. The summed E-state index contributed by atoms with van der Waals surface area (Å²) < 4.78 is 32.4. The molecule has 0 bridgehead atoms. The van der Waals surface area contributed by atoms with E-state index in [0.717, 1.165) is 0 Å². The van der Waals surface area contributed by atoms with Gasteiger partial charge in [0, 0.05) is 16.0 Å². The molecule has 20 heavy (non-hydrogen) atoms. The summed E-state index contributed by atoms with van der Waals surface area (Å²) in [4.78, 5) is 0.147. The molecule has 1 aromatic carbocycles. The first-order valence-electron chi connectivity index (χ1n) is 5.95. The molecule has 0 aliphatic carbocycles. The van der Waals surface area contributed by atoms with Crippen molar-refractivity contribution in [1.82, 2.24) is 5.16 Å². The van der Waals surface area contributed by atoms with E-state index in [2.05, 4.69) is 25.8 Å². The zero-order valence-electron chi connectivity index (χ0n) is 11.3. The summed E-state index contributed by atoms with van der Waals surface area (Å²) in [6, 6.07) is 8.16. The normalized spacial score (nSPS) is 12.4. The van der Waals surface area contributed by atoms with E-state index in [9.17, 15) is 8.42 Å². The summed E-state index contributed by atoms with van der Waals surface area (Å²) in [5, 5.41) is 3.87. The van der Waals surface area contributed by atoms with Crippen LogP contribution >= 0.6 is 15.9 Å². The third-order valence-corrected chi connectivity index (χ3v) is 5.00. The van der Waals surface area contributed by atoms with Crippen LogP contribution in [0.4, 0.5) is 5.88 Å². The lowest BCUT2D eigenvalue weighted by molar-refractivity contribution is 0.405. The molecule has 2 rings (SSSR count). The first-order chi connectivity index (χ1) is 9.20. The van der Waals surface area contributed by atoms with Crippen LogP contribution in [0.15, 0.2) is 44.2 Å². The lowest BCUT2D eigenvalue weighted by Crippen LogP contribution is -2.13. The minimum atomic E-state index is -3.71. The van der Waals surface area contributed by atoms with E-state index in [1.165, 1.54) is 6.07 Å². The molecule has 0 radical (unpaired) electrons. The highest BCUT2D eigenvalue weighted by Gasteiger charge is 2.23. The van der Waals surface area contributed by atoms with Crippen LogP contribution in [0.2, 0.25) is 0 Å². The van der Waals surface area contributed by atoms with Gasteiger partial charge in [0.05, 0.1) is 5.69 Å². The fourth-order valence-corrected chi connectivity index (χ4v) is 3.50. The van der Waals surface area contributed by atoms with Crippen molar-refractivity contribution in [3.8, 4) is 0 Å². The number of benzene rings is 1. The first kappa shape index (κ1) is 15.1. The van der Waals surface area contributed by atoms with Crippen molar-refractivity contribution >= 4 is 31.8 Å². The van der Waals surface area contributed by atoms with Crippen LogP contribution in [0.3, 0.4) is 0 Å². The summed E-state index contributed by atoms with van der Waals surface area (Å²) in [5.74, 6) is 0.102. The molecule has 7 heteroatoms. The van der Waals surface area contributed by atoms with Gasteiger partial charge in [-0.05, 0) is 28.1 Å². The van der Waals surface area contributed by atoms with Gasteiger partial charge in [-0.15, -0.1) is 0 Å². The summed E-state index contributed by atoms with van der Waals surface area (Å²) >= 11 is 3.22. The Labute approximate surface area is 126 Å². The molecule has 0 unspecified atom stereocenters. The van der Waals surface area contributed by atoms with Crippen molar-refractivity contribution in [3.63, 3.8) is 0 Å². The van der Waals surface area contributed by atoms with Crippen LogP contribution in [0, 0.1) is 0 Å². The standard InChI is InChI=1S/C13H15BrN2O3S/c1-13(2,3)11-8-12(19-15-11)16-20(17,18)10-7-5-4-6-9(10)14/h4-8,16H,1-3H3. The van der Waals surface area contributed by atoms with Gasteiger partial charge in [-0.1, -0.05) is 38.1 Å². The Morgan fingerprint density at radius 3 is 2.45 bits per heavy atom. The Balaban J connectivity index is 2.30. The second-order valence-electron chi connectivity index (χ2n) is 5.36. The lowest BCUT2D eigenvalue weighted by atomic mass is 9.92. The SMILES string of the molecule is CC(C)(C)c1cc(NS(=O)(=O)c2ccccc2Br)on1. The van der Waals surface area contributed by atoms with Crippen molar-refractivity contribution in [3.05, 3.63) is 40.5 Å². The summed E-state index contributed by atoms with van der Waals surface area (Å²) in [6.45, 7) is 5.91. The van der Waals surface area contributed by atoms with E-state index in [0.29, 0.717) is 10.2 Å². The molecular formula is C13H15BrN2O3S. The second-order valence-corrected chi connectivity index (χ2v) is 7.87. The zero-order chi connectivity index (χ0) is 15.0. The molecule has 0 atom stereocenters. The summed E-state index contributed by atoms with van der Waals surface area (Å²) in [6.07, 6.45) is 0. The van der Waals surface area contributed by atoms with E-state index in [4.69, 9.17) is 4.52 Å². The number of halogens is 1. The maximum Gasteiger partial charge on any atom is 0.265 e. The van der Waals surface area contributed by atoms with E-state index in [-0.39, 0.29) is 16.2 Å². The van der Waals surface area contributed by atoms with Gasteiger partial charge in [0.25, 0.3) is 10.0 Å². The zero-order valence-corrected chi connectivity index (χ0v) is 13.7. The summed E-state index contributed by atoms with van der Waals surface area (Å²) in [7, 11) is -3.71. The molecule has 0 aliphatic rings. The van der Waals surface area contributed by atoms with Crippen molar-refractivity contribution < 1.29 is 12.9 Å². The van der Waals surface area contributed by atoms with Crippen LogP contribution < -0.4 is 4.72 Å². The average molecular weight is 359 g/mol. The smallest absolute Gasteiger partial charge is 0.265 e. The number of hydrogen-bond acceptors (Lipinski definition) is 4. The fourth-order valence-electron chi connectivity index (χ4n) is 1.53. The van der Waals surface area contributed by atoms with Gasteiger partial charge in [-0.25, -0.2) is 13.1 Å². The molecule has 0 saturated heterocycles. The van der Waals surface area contributed by atoms with Gasteiger partial charge in [-0.2, -0.15) is 0 Å². The molecule has 0 saturated carbocycles. The monoisotopic (exact) mass is 358 g/mol. The highest BCUT2D eigenvalue weighted by molar-refractivity contribution is 9.10. The van der Waals surface area contributed by atoms with Gasteiger partial charge in [0.15, 0.2) is 0 Å². The average Bonchev–Trinajstić information content (AvgIpc) is 2.76. The molecule has 1 heterocycles. The molecule has 108 valence electrons. The van der Waals surface area contributed by atoms with Crippen LogP contribution in [-0.2, 0) is 15.4 Å². The largest absolute Gasteiger partial charge is 0.338 e. The Morgan fingerprint density at radius 2 is 1.90 bits per heavy atom. The number of aromatic nitrogens is 1. The fraction of sp³-hybridized carbons (Fsp3) is 0.308. The van der Waals surface area contributed by atoms with Crippen molar-refractivity contribution in [2.75, 3.05) is 4.72 Å². The molecule has 1 N–H and O–H groups in total. The van der Waals surface area contributed by atoms with Crippen LogP contribution in [0.1, 0.15) is 26.5 Å². The predicted octanol–water partition coefficient (Wildman–Crippen LogP) is 3.54. The Kier molecular flexibility index (Phi) is 3.93. The van der Waals surface area contributed by atoms with E-state index < -0.39 is 10.0 Å². The molecule has 2 aromatic rings. The molecular weight excluding hydrogens is 344 g/mol. The van der Waals surface area contributed by atoms with Crippen molar-refractivity contribution in [2.45, 2.75) is 31.1 Å². The number of nitrogens with one attached hydrogen (secondary N) is 1. The predicted molar refractivity (Wildman–Crippen MR) is 80.2 cm³/mol. The molecule has 0 spiro atoms. The maximum absolute atomic E-state index is 12.3. The first-order valence-corrected chi connectivity index (χ1v) is 8.22. The minimum absolute atomic E-state index is 0.102. The number of hydrogen-bond donors (Lipinski definition) is 1. The third kappa shape index (κ3) is 3.21. The Morgan fingerprint density at radius 1 is 1.25 bits per heavy atom. The van der Waals surface area contributed by atoms with Crippen LogP contribution in [0.5, 0.6) is 0 Å². The number of rotatable bonds is 3. The lowest BCUT2D eigenvalue weighted by Gasteiger charge is -2.12. The van der Waals surface area contributed by atoms with Gasteiger partial charge in [-0.3, -0.25) is 0 Å². The van der Waals surface area contributed by atoms with Gasteiger partial charge < -0.3 is 4.52 Å². The van der Waals surface area contributed by atoms with Crippen LogP contribution in [-0.4, -0.2) is 13.6 Å². The van der Waals surface area contributed by atoms with Crippen LogP contribution in [0.25, 0.3) is 0 Å². The molecule has 0 amide bonds. The van der Waals surface area contributed by atoms with Gasteiger partial charge in [0.2, 0.25) is 5.88 Å².